The van der Waals surface area contributed by atoms with Crippen molar-refractivity contribution in [2.75, 3.05) is 0 Å². The highest BCUT2D eigenvalue weighted by molar-refractivity contribution is 6.33. The van der Waals surface area contributed by atoms with Crippen LogP contribution in [0.4, 0.5) is 0 Å². The minimum Gasteiger partial charge on any atom is -0.457 e. The standard InChI is InChI=1S/C19H17ClN2O2/c1-13(2)22-12-14(11-21-22)18(23)9-7-15-8-10-19(24-15)16-5-3-4-6-17(16)20/h3-13H,1-2H3. The Morgan fingerprint density at radius 1 is 1.25 bits per heavy atom. The largest absolute Gasteiger partial charge is 0.457 e. The van der Waals surface area contributed by atoms with Crippen LogP contribution in [0.5, 0.6) is 0 Å². The molecular weight excluding hydrogens is 324 g/mol. The fourth-order valence-electron chi connectivity index (χ4n) is 2.25. The first-order valence-corrected chi connectivity index (χ1v) is 8.03. The predicted octanol–water partition coefficient (Wildman–Crippen LogP) is 5.27. The summed E-state index contributed by atoms with van der Waals surface area (Å²) in [6, 6.07) is 11.3. The van der Waals surface area contributed by atoms with Crippen LogP contribution in [0.2, 0.25) is 5.02 Å². The molecule has 0 spiro atoms. The molecule has 2 aromatic heterocycles. The molecule has 0 saturated heterocycles. The van der Waals surface area contributed by atoms with Gasteiger partial charge in [-0.1, -0.05) is 23.7 Å². The van der Waals surface area contributed by atoms with Crippen molar-refractivity contribution in [3.63, 3.8) is 0 Å². The summed E-state index contributed by atoms with van der Waals surface area (Å²) in [5.41, 5.74) is 1.38. The first-order valence-electron chi connectivity index (χ1n) is 7.66. The lowest BCUT2D eigenvalue weighted by molar-refractivity contribution is 0.104. The SMILES string of the molecule is CC(C)n1cc(C(=O)C=Cc2ccc(-c3ccccc3Cl)o2)cn1. The van der Waals surface area contributed by atoms with Crippen LogP contribution in [0.25, 0.3) is 17.4 Å². The number of benzene rings is 1. The molecule has 122 valence electrons. The van der Waals surface area contributed by atoms with Gasteiger partial charge in [0.15, 0.2) is 5.78 Å². The van der Waals surface area contributed by atoms with Gasteiger partial charge in [-0.15, -0.1) is 0 Å². The number of allylic oxidation sites excluding steroid dienone is 1. The molecule has 1 aromatic carbocycles. The van der Waals surface area contributed by atoms with Crippen molar-refractivity contribution >= 4 is 23.5 Å². The fraction of sp³-hybridized carbons (Fsp3) is 0.158. The van der Waals surface area contributed by atoms with Gasteiger partial charge in [0.25, 0.3) is 0 Å². The minimum atomic E-state index is -0.113. The van der Waals surface area contributed by atoms with E-state index in [1.807, 2.05) is 44.2 Å². The summed E-state index contributed by atoms with van der Waals surface area (Å²) in [4.78, 5) is 12.2. The van der Waals surface area contributed by atoms with Crippen molar-refractivity contribution in [2.45, 2.75) is 19.9 Å². The molecule has 0 amide bonds. The van der Waals surface area contributed by atoms with Gasteiger partial charge >= 0.3 is 0 Å². The molecule has 0 atom stereocenters. The quantitative estimate of drug-likeness (QED) is 0.469. The average molecular weight is 341 g/mol. The number of aromatic nitrogens is 2. The van der Waals surface area contributed by atoms with Gasteiger partial charge in [-0.2, -0.15) is 5.10 Å². The first kappa shape index (κ1) is 16.3. The number of carbonyl (C=O) groups is 1. The average Bonchev–Trinajstić information content (AvgIpc) is 3.22. The maximum Gasteiger partial charge on any atom is 0.189 e. The van der Waals surface area contributed by atoms with Gasteiger partial charge in [-0.05, 0) is 50.3 Å². The molecule has 24 heavy (non-hydrogen) atoms. The Bertz CT molecular complexity index is 890. The number of ketones is 1. The lowest BCUT2D eigenvalue weighted by Gasteiger charge is -2.02. The molecular formula is C19H17ClN2O2. The van der Waals surface area contributed by atoms with E-state index in [0.29, 0.717) is 22.1 Å². The monoisotopic (exact) mass is 340 g/mol. The summed E-state index contributed by atoms with van der Waals surface area (Å²) in [6.45, 7) is 4.02. The van der Waals surface area contributed by atoms with Gasteiger partial charge in [-0.25, -0.2) is 0 Å². The third kappa shape index (κ3) is 3.49. The molecule has 4 nitrogen and oxygen atoms in total. The molecule has 3 aromatic rings. The lowest BCUT2D eigenvalue weighted by atomic mass is 10.2. The molecule has 3 rings (SSSR count). The molecule has 5 heteroatoms. The Kier molecular flexibility index (Phi) is 4.67. The summed E-state index contributed by atoms with van der Waals surface area (Å²) in [7, 11) is 0. The molecule has 0 aliphatic carbocycles. The highest BCUT2D eigenvalue weighted by Crippen LogP contribution is 2.29. The summed E-state index contributed by atoms with van der Waals surface area (Å²) >= 11 is 6.16. The number of hydrogen-bond acceptors (Lipinski definition) is 3. The molecule has 2 heterocycles. The van der Waals surface area contributed by atoms with Crippen molar-refractivity contribution < 1.29 is 9.21 Å². The lowest BCUT2D eigenvalue weighted by Crippen LogP contribution is -2.00. The van der Waals surface area contributed by atoms with Crippen LogP contribution in [-0.2, 0) is 0 Å². The smallest absolute Gasteiger partial charge is 0.189 e. The van der Waals surface area contributed by atoms with E-state index < -0.39 is 0 Å². The van der Waals surface area contributed by atoms with E-state index in [-0.39, 0.29) is 11.8 Å². The number of rotatable bonds is 5. The molecule has 0 bridgehead atoms. The number of halogens is 1. The molecule has 0 unspecified atom stereocenters. The normalized spacial score (nSPS) is 11.5. The molecule has 0 radical (unpaired) electrons. The molecule has 0 N–H and O–H groups in total. The topological polar surface area (TPSA) is 48.0 Å². The highest BCUT2D eigenvalue weighted by Gasteiger charge is 2.09. The Morgan fingerprint density at radius 2 is 2.04 bits per heavy atom. The molecule has 0 saturated carbocycles. The Balaban J connectivity index is 1.75. The second-order valence-corrected chi connectivity index (χ2v) is 6.09. The zero-order valence-corrected chi connectivity index (χ0v) is 14.2. The number of carbonyl (C=O) groups excluding carboxylic acids is 1. The molecule has 0 aliphatic rings. The van der Waals surface area contributed by atoms with Crippen LogP contribution in [0, 0.1) is 0 Å². The number of furan rings is 1. The van der Waals surface area contributed by atoms with Crippen LogP contribution in [0.3, 0.4) is 0 Å². The predicted molar refractivity (Wildman–Crippen MR) is 95.1 cm³/mol. The van der Waals surface area contributed by atoms with Crippen molar-refractivity contribution in [3.8, 4) is 11.3 Å². The van der Waals surface area contributed by atoms with Crippen molar-refractivity contribution in [1.29, 1.82) is 0 Å². The molecule has 0 fully saturated rings. The second-order valence-electron chi connectivity index (χ2n) is 5.68. The summed E-state index contributed by atoms with van der Waals surface area (Å²) in [6.07, 6.45) is 6.45. The van der Waals surface area contributed by atoms with E-state index in [9.17, 15) is 4.79 Å². The van der Waals surface area contributed by atoms with Crippen molar-refractivity contribution in [1.82, 2.24) is 9.78 Å². The van der Waals surface area contributed by atoms with E-state index in [4.69, 9.17) is 16.0 Å². The second kappa shape index (κ2) is 6.89. The Labute approximate surface area is 145 Å². The maximum atomic E-state index is 12.2. The fourth-order valence-corrected chi connectivity index (χ4v) is 2.48. The maximum absolute atomic E-state index is 12.2. The van der Waals surface area contributed by atoms with Crippen LogP contribution in [0.15, 0.2) is 59.3 Å². The first-order chi connectivity index (χ1) is 11.5. The molecule has 0 aliphatic heterocycles. The van der Waals surface area contributed by atoms with Crippen LogP contribution < -0.4 is 0 Å². The third-order valence-electron chi connectivity index (χ3n) is 3.58. The number of nitrogens with zero attached hydrogens (tertiary/aromatic N) is 2. The van der Waals surface area contributed by atoms with Gasteiger partial charge in [0.1, 0.15) is 11.5 Å². The van der Waals surface area contributed by atoms with E-state index in [0.717, 1.165) is 5.56 Å². The Morgan fingerprint density at radius 3 is 2.75 bits per heavy atom. The van der Waals surface area contributed by atoms with Gasteiger partial charge in [-0.3, -0.25) is 9.48 Å². The zero-order chi connectivity index (χ0) is 17.1. The van der Waals surface area contributed by atoms with Crippen molar-refractivity contribution in [2.24, 2.45) is 0 Å². The van der Waals surface area contributed by atoms with E-state index in [2.05, 4.69) is 5.10 Å². The number of hydrogen-bond donors (Lipinski definition) is 0. The summed E-state index contributed by atoms with van der Waals surface area (Å²) in [5, 5.41) is 4.79. The van der Waals surface area contributed by atoms with Gasteiger partial charge in [0.2, 0.25) is 0 Å². The van der Waals surface area contributed by atoms with Gasteiger partial charge < -0.3 is 4.42 Å². The van der Waals surface area contributed by atoms with Crippen LogP contribution >= 0.6 is 11.6 Å². The third-order valence-corrected chi connectivity index (χ3v) is 3.91. The van der Waals surface area contributed by atoms with Crippen LogP contribution in [-0.4, -0.2) is 15.6 Å². The van der Waals surface area contributed by atoms with Crippen molar-refractivity contribution in [3.05, 3.63) is 71.2 Å². The van der Waals surface area contributed by atoms with Gasteiger partial charge in [0.05, 0.1) is 16.8 Å². The van der Waals surface area contributed by atoms with E-state index in [1.165, 1.54) is 6.08 Å². The van der Waals surface area contributed by atoms with E-state index >= 15 is 0 Å². The summed E-state index contributed by atoms with van der Waals surface area (Å²) in [5.74, 6) is 1.15. The summed E-state index contributed by atoms with van der Waals surface area (Å²) < 4.78 is 7.49. The Hall–Kier alpha value is -2.59. The van der Waals surface area contributed by atoms with E-state index in [1.54, 1.807) is 29.2 Å². The minimum absolute atomic E-state index is 0.113. The zero-order valence-electron chi connectivity index (χ0n) is 13.4. The van der Waals surface area contributed by atoms with Gasteiger partial charge in [0, 0.05) is 17.8 Å². The van der Waals surface area contributed by atoms with Crippen LogP contribution in [0.1, 0.15) is 36.0 Å². The highest BCUT2D eigenvalue weighted by atomic mass is 35.5.